The third-order valence-electron chi connectivity index (χ3n) is 3.21. The van der Waals surface area contributed by atoms with Gasteiger partial charge in [-0.25, -0.2) is 5.90 Å². The van der Waals surface area contributed by atoms with Crippen LogP contribution in [-0.2, 0) is 4.84 Å². The van der Waals surface area contributed by atoms with Gasteiger partial charge in [0.15, 0.2) is 0 Å². The van der Waals surface area contributed by atoms with Gasteiger partial charge < -0.3 is 9.74 Å². The third kappa shape index (κ3) is 3.31. The van der Waals surface area contributed by atoms with Gasteiger partial charge >= 0.3 is 0 Å². The number of hydrogen-bond acceptors (Lipinski definition) is 3. The van der Waals surface area contributed by atoms with Crippen LogP contribution >= 0.6 is 15.9 Å². The highest BCUT2D eigenvalue weighted by Gasteiger charge is 2.24. The monoisotopic (exact) mass is 312 g/mol. The zero-order valence-electron chi connectivity index (χ0n) is 10.1. The Morgan fingerprint density at radius 2 is 2.39 bits per heavy atom. The van der Waals surface area contributed by atoms with Gasteiger partial charge in [0.05, 0.1) is 6.61 Å². The molecule has 0 radical (unpaired) electrons. The summed E-state index contributed by atoms with van der Waals surface area (Å²) in [4.78, 5) is 18.9. The Morgan fingerprint density at radius 3 is 3.11 bits per heavy atom. The molecule has 1 aliphatic heterocycles. The van der Waals surface area contributed by atoms with Crippen LogP contribution in [0.1, 0.15) is 23.2 Å². The topological polar surface area (TPSA) is 55.6 Å². The Balaban J connectivity index is 2.04. The molecule has 1 aromatic carbocycles. The lowest BCUT2D eigenvalue weighted by molar-refractivity contribution is 0.0472. The molecular weight excluding hydrogens is 296 g/mol. The van der Waals surface area contributed by atoms with Crippen molar-refractivity contribution in [2.75, 3.05) is 19.7 Å². The molecule has 0 aliphatic carbocycles. The van der Waals surface area contributed by atoms with E-state index in [0.29, 0.717) is 12.5 Å². The smallest absolute Gasteiger partial charge is 0.253 e. The van der Waals surface area contributed by atoms with E-state index in [1.165, 1.54) is 0 Å². The second-order valence-corrected chi connectivity index (χ2v) is 5.52. The number of hydrogen-bond donors (Lipinski definition) is 1. The highest BCUT2D eigenvalue weighted by molar-refractivity contribution is 9.10. The molecule has 0 bridgehead atoms. The average Bonchev–Trinajstić information content (AvgIpc) is 2.39. The average molecular weight is 313 g/mol. The van der Waals surface area contributed by atoms with Crippen molar-refractivity contribution in [1.82, 2.24) is 4.90 Å². The van der Waals surface area contributed by atoms with E-state index >= 15 is 0 Å². The molecule has 98 valence electrons. The molecule has 1 aromatic rings. The number of nitrogens with two attached hydrogens (primary N) is 1. The maximum atomic E-state index is 12.3. The molecule has 1 atom stereocenters. The largest absolute Gasteiger partial charge is 0.338 e. The summed E-state index contributed by atoms with van der Waals surface area (Å²) < 4.78 is 0.923. The van der Waals surface area contributed by atoms with Gasteiger partial charge in [-0.2, -0.15) is 0 Å². The van der Waals surface area contributed by atoms with Crippen LogP contribution in [0.25, 0.3) is 0 Å². The second kappa shape index (κ2) is 6.31. The van der Waals surface area contributed by atoms with E-state index in [1.807, 2.05) is 29.2 Å². The van der Waals surface area contributed by atoms with Crippen LogP contribution in [0.2, 0.25) is 0 Å². The molecule has 1 saturated heterocycles. The SMILES string of the molecule is NOCC1CCCN(C(=O)c2cccc(Br)c2)C1. The van der Waals surface area contributed by atoms with Crippen LogP contribution in [0.15, 0.2) is 28.7 Å². The van der Waals surface area contributed by atoms with Gasteiger partial charge in [-0.05, 0) is 31.0 Å². The van der Waals surface area contributed by atoms with E-state index in [9.17, 15) is 4.79 Å². The van der Waals surface area contributed by atoms with E-state index in [2.05, 4.69) is 20.8 Å². The van der Waals surface area contributed by atoms with Crippen molar-refractivity contribution in [3.05, 3.63) is 34.3 Å². The summed E-state index contributed by atoms with van der Waals surface area (Å²) >= 11 is 3.38. The van der Waals surface area contributed by atoms with E-state index in [4.69, 9.17) is 5.90 Å². The first-order valence-corrected chi connectivity index (χ1v) is 6.86. The molecule has 1 fully saturated rings. The summed E-state index contributed by atoms with van der Waals surface area (Å²) in [6.07, 6.45) is 2.08. The van der Waals surface area contributed by atoms with Crippen molar-refractivity contribution in [2.24, 2.45) is 11.8 Å². The summed E-state index contributed by atoms with van der Waals surface area (Å²) in [5.41, 5.74) is 0.721. The van der Waals surface area contributed by atoms with Crippen LogP contribution in [0.4, 0.5) is 0 Å². The minimum absolute atomic E-state index is 0.0815. The molecule has 2 rings (SSSR count). The van der Waals surface area contributed by atoms with Gasteiger partial charge in [0, 0.05) is 29.0 Å². The Labute approximate surface area is 115 Å². The number of halogens is 1. The number of amides is 1. The number of piperidine rings is 1. The number of carbonyl (C=O) groups is 1. The minimum atomic E-state index is 0.0815. The summed E-state index contributed by atoms with van der Waals surface area (Å²) in [6, 6.07) is 7.49. The number of benzene rings is 1. The van der Waals surface area contributed by atoms with Gasteiger partial charge in [-0.1, -0.05) is 22.0 Å². The number of carbonyl (C=O) groups excluding carboxylic acids is 1. The number of rotatable bonds is 3. The van der Waals surface area contributed by atoms with Crippen LogP contribution in [0, 0.1) is 5.92 Å². The minimum Gasteiger partial charge on any atom is -0.338 e. The molecule has 0 aromatic heterocycles. The molecule has 5 heteroatoms. The lowest BCUT2D eigenvalue weighted by Gasteiger charge is -2.32. The highest BCUT2D eigenvalue weighted by Crippen LogP contribution is 2.20. The molecule has 0 saturated carbocycles. The Bertz CT molecular complexity index is 423. The Hall–Kier alpha value is -0.910. The van der Waals surface area contributed by atoms with Crippen LogP contribution in [0.5, 0.6) is 0 Å². The van der Waals surface area contributed by atoms with Crippen molar-refractivity contribution < 1.29 is 9.63 Å². The predicted molar refractivity (Wildman–Crippen MR) is 72.9 cm³/mol. The maximum absolute atomic E-state index is 12.3. The van der Waals surface area contributed by atoms with Crippen LogP contribution in [-0.4, -0.2) is 30.5 Å². The molecule has 1 amide bonds. The lowest BCUT2D eigenvalue weighted by Crippen LogP contribution is -2.41. The molecule has 2 N–H and O–H groups in total. The Morgan fingerprint density at radius 1 is 1.56 bits per heavy atom. The second-order valence-electron chi connectivity index (χ2n) is 4.60. The first kappa shape index (κ1) is 13.5. The highest BCUT2D eigenvalue weighted by atomic mass is 79.9. The fraction of sp³-hybridized carbons (Fsp3) is 0.462. The van der Waals surface area contributed by atoms with Crippen LogP contribution in [0.3, 0.4) is 0 Å². The van der Waals surface area contributed by atoms with Gasteiger partial charge in [-0.3, -0.25) is 4.79 Å². The summed E-state index contributed by atoms with van der Waals surface area (Å²) in [5, 5.41) is 0. The molecule has 1 heterocycles. The van der Waals surface area contributed by atoms with Crippen molar-refractivity contribution in [2.45, 2.75) is 12.8 Å². The van der Waals surface area contributed by atoms with Gasteiger partial charge in [0.1, 0.15) is 0 Å². The fourth-order valence-electron chi connectivity index (χ4n) is 2.33. The van der Waals surface area contributed by atoms with Crippen LogP contribution < -0.4 is 5.90 Å². The fourth-order valence-corrected chi connectivity index (χ4v) is 2.72. The zero-order valence-corrected chi connectivity index (χ0v) is 11.7. The first-order valence-electron chi connectivity index (χ1n) is 6.07. The normalized spacial score (nSPS) is 19.9. The summed E-state index contributed by atoms with van der Waals surface area (Å²) in [7, 11) is 0. The van der Waals surface area contributed by atoms with E-state index in [-0.39, 0.29) is 5.91 Å². The number of likely N-dealkylation sites (tertiary alicyclic amines) is 1. The van der Waals surface area contributed by atoms with Gasteiger partial charge in [-0.15, -0.1) is 0 Å². The van der Waals surface area contributed by atoms with E-state index in [1.54, 1.807) is 0 Å². The van der Waals surface area contributed by atoms with Gasteiger partial charge in [0.25, 0.3) is 5.91 Å². The molecular formula is C13H17BrN2O2. The van der Waals surface area contributed by atoms with E-state index in [0.717, 1.165) is 36.0 Å². The first-order chi connectivity index (χ1) is 8.70. The molecule has 4 nitrogen and oxygen atoms in total. The summed E-state index contributed by atoms with van der Waals surface area (Å²) in [6.45, 7) is 2.05. The zero-order chi connectivity index (χ0) is 13.0. The number of nitrogens with zero attached hydrogens (tertiary/aromatic N) is 1. The molecule has 18 heavy (non-hydrogen) atoms. The van der Waals surface area contributed by atoms with Crippen molar-refractivity contribution >= 4 is 21.8 Å². The predicted octanol–water partition coefficient (Wildman–Crippen LogP) is 2.19. The lowest BCUT2D eigenvalue weighted by atomic mass is 9.98. The Kier molecular flexibility index (Phi) is 4.74. The third-order valence-corrected chi connectivity index (χ3v) is 3.70. The molecule has 0 spiro atoms. The quantitative estimate of drug-likeness (QED) is 0.870. The standard InChI is InChI=1S/C13H17BrN2O2/c14-12-5-1-4-11(7-12)13(17)16-6-2-3-10(8-16)9-18-15/h1,4-5,7,10H,2-3,6,8-9,15H2. The summed E-state index contributed by atoms with van der Waals surface area (Å²) in [5.74, 6) is 5.53. The van der Waals surface area contributed by atoms with Crippen molar-refractivity contribution in [3.8, 4) is 0 Å². The molecule has 1 unspecified atom stereocenters. The molecule has 1 aliphatic rings. The van der Waals surface area contributed by atoms with Gasteiger partial charge in [0.2, 0.25) is 0 Å². The van der Waals surface area contributed by atoms with Crippen molar-refractivity contribution in [3.63, 3.8) is 0 Å². The maximum Gasteiger partial charge on any atom is 0.253 e. The van der Waals surface area contributed by atoms with Crippen molar-refractivity contribution in [1.29, 1.82) is 0 Å². The van der Waals surface area contributed by atoms with E-state index < -0.39 is 0 Å².